The van der Waals surface area contributed by atoms with Gasteiger partial charge in [0.2, 0.25) is 0 Å². The summed E-state index contributed by atoms with van der Waals surface area (Å²) >= 11 is 5.88. The third-order valence-electron chi connectivity index (χ3n) is 5.00. The normalized spacial score (nSPS) is 14.4. The smallest absolute Gasteiger partial charge is 0.368 e. The molecule has 0 amide bonds. The maximum atomic E-state index is 14.7. The van der Waals surface area contributed by atoms with Crippen LogP contribution < -0.4 is 5.69 Å². The lowest BCUT2D eigenvalue weighted by Crippen LogP contribution is -2.44. The van der Waals surface area contributed by atoms with Gasteiger partial charge in [-0.2, -0.15) is 14.5 Å². The van der Waals surface area contributed by atoms with Crippen molar-refractivity contribution in [1.29, 1.82) is 0 Å². The number of halogens is 3. The lowest BCUT2D eigenvalue weighted by atomic mass is 9.86. The molecule has 0 fully saturated rings. The molecule has 1 N–H and O–H groups in total. The fourth-order valence-corrected chi connectivity index (χ4v) is 3.42. The SMILES string of the molecule is C[C@@H](n1nnn(-c2ccc(Cl)cc2)c1=O)[C@](O)(Cn1cncn1)c1ccc(F)cc1F. The van der Waals surface area contributed by atoms with E-state index in [0.29, 0.717) is 16.8 Å². The van der Waals surface area contributed by atoms with E-state index in [1.165, 1.54) is 24.3 Å². The van der Waals surface area contributed by atoms with Crippen molar-refractivity contribution in [3.05, 3.63) is 87.8 Å². The Morgan fingerprint density at radius 3 is 2.55 bits per heavy atom. The molecule has 31 heavy (non-hydrogen) atoms. The molecule has 4 rings (SSSR count). The maximum absolute atomic E-state index is 14.7. The van der Waals surface area contributed by atoms with E-state index < -0.39 is 29.0 Å². The minimum absolute atomic E-state index is 0.232. The van der Waals surface area contributed by atoms with E-state index >= 15 is 0 Å². The lowest BCUT2D eigenvalue weighted by Gasteiger charge is -2.33. The second-order valence-corrected chi connectivity index (χ2v) is 7.35. The molecule has 0 bridgehead atoms. The van der Waals surface area contributed by atoms with E-state index in [0.717, 1.165) is 21.5 Å². The van der Waals surface area contributed by atoms with Gasteiger partial charge in [-0.15, -0.1) is 0 Å². The molecule has 4 aromatic rings. The molecular formula is C19H16ClF2N7O2. The highest BCUT2D eigenvalue weighted by molar-refractivity contribution is 6.30. The molecule has 2 heterocycles. The molecule has 0 radical (unpaired) electrons. The van der Waals surface area contributed by atoms with E-state index in [1.807, 2.05) is 0 Å². The summed E-state index contributed by atoms with van der Waals surface area (Å²) in [7, 11) is 0. The summed E-state index contributed by atoms with van der Waals surface area (Å²) in [5.74, 6) is -1.78. The van der Waals surface area contributed by atoms with Crippen molar-refractivity contribution in [2.45, 2.75) is 25.1 Å². The Bertz CT molecular complexity index is 1260. The maximum Gasteiger partial charge on any atom is 0.368 e. The Balaban J connectivity index is 1.80. The minimum atomic E-state index is -2.05. The third-order valence-corrected chi connectivity index (χ3v) is 5.25. The number of aliphatic hydroxyl groups is 1. The van der Waals surface area contributed by atoms with Crippen LogP contribution in [0.3, 0.4) is 0 Å². The van der Waals surface area contributed by atoms with Crippen LogP contribution in [0.4, 0.5) is 8.78 Å². The minimum Gasteiger partial charge on any atom is -0.381 e. The average molecular weight is 448 g/mol. The molecule has 2 atom stereocenters. The average Bonchev–Trinajstić information content (AvgIpc) is 3.37. The van der Waals surface area contributed by atoms with Crippen molar-refractivity contribution in [1.82, 2.24) is 34.6 Å². The number of rotatable bonds is 6. The highest BCUT2D eigenvalue weighted by Gasteiger charge is 2.42. The van der Waals surface area contributed by atoms with Gasteiger partial charge in [-0.3, -0.25) is 0 Å². The van der Waals surface area contributed by atoms with Crippen LogP contribution in [-0.2, 0) is 12.1 Å². The summed E-state index contributed by atoms with van der Waals surface area (Å²) in [5, 5.41) is 23.7. The number of tetrazole rings is 1. The topological polar surface area (TPSA) is 104 Å². The van der Waals surface area contributed by atoms with Crippen LogP contribution in [0.5, 0.6) is 0 Å². The van der Waals surface area contributed by atoms with Gasteiger partial charge in [0.25, 0.3) is 0 Å². The first-order chi connectivity index (χ1) is 14.8. The van der Waals surface area contributed by atoms with Crippen LogP contribution in [-0.4, -0.2) is 39.7 Å². The first-order valence-corrected chi connectivity index (χ1v) is 9.48. The van der Waals surface area contributed by atoms with Gasteiger partial charge in [-0.1, -0.05) is 17.7 Å². The lowest BCUT2D eigenvalue weighted by molar-refractivity contribution is -0.0385. The molecule has 2 aromatic carbocycles. The van der Waals surface area contributed by atoms with Gasteiger partial charge in [-0.05, 0) is 47.7 Å². The zero-order chi connectivity index (χ0) is 22.2. The zero-order valence-electron chi connectivity index (χ0n) is 16.1. The molecule has 2 aromatic heterocycles. The Labute approximate surface area is 179 Å². The van der Waals surface area contributed by atoms with E-state index in [2.05, 4.69) is 20.5 Å². The molecule has 0 spiro atoms. The number of aromatic nitrogens is 7. The number of hydrogen-bond donors (Lipinski definition) is 1. The Morgan fingerprint density at radius 2 is 1.90 bits per heavy atom. The van der Waals surface area contributed by atoms with Crippen molar-refractivity contribution in [2.24, 2.45) is 0 Å². The second kappa shape index (κ2) is 8.00. The van der Waals surface area contributed by atoms with Crippen molar-refractivity contribution in [3.8, 4) is 5.69 Å². The summed E-state index contributed by atoms with van der Waals surface area (Å²) in [6, 6.07) is 7.99. The summed E-state index contributed by atoms with van der Waals surface area (Å²) in [6.07, 6.45) is 2.57. The summed E-state index contributed by atoms with van der Waals surface area (Å²) in [4.78, 5) is 16.8. The van der Waals surface area contributed by atoms with Crippen molar-refractivity contribution >= 4 is 11.6 Å². The Hall–Kier alpha value is -3.44. The van der Waals surface area contributed by atoms with Gasteiger partial charge < -0.3 is 5.11 Å². The van der Waals surface area contributed by atoms with Crippen molar-refractivity contribution in [3.63, 3.8) is 0 Å². The van der Waals surface area contributed by atoms with Crippen LogP contribution in [0, 0.1) is 11.6 Å². The molecule has 160 valence electrons. The van der Waals surface area contributed by atoms with Crippen LogP contribution in [0.2, 0.25) is 5.02 Å². The van der Waals surface area contributed by atoms with E-state index in [-0.39, 0.29) is 12.1 Å². The first kappa shape index (κ1) is 20.8. The van der Waals surface area contributed by atoms with Gasteiger partial charge in [-0.25, -0.2) is 23.2 Å². The molecule has 0 aliphatic carbocycles. The van der Waals surface area contributed by atoms with E-state index in [4.69, 9.17) is 11.6 Å². The Morgan fingerprint density at radius 1 is 1.16 bits per heavy atom. The molecule has 0 saturated carbocycles. The molecule has 0 unspecified atom stereocenters. The monoisotopic (exact) mass is 447 g/mol. The second-order valence-electron chi connectivity index (χ2n) is 6.91. The highest BCUT2D eigenvalue weighted by atomic mass is 35.5. The van der Waals surface area contributed by atoms with Gasteiger partial charge in [0.15, 0.2) is 0 Å². The molecular weight excluding hydrogens is 432 g/mol. The Kier molecular flexibility index (Phi) is 5.38. The molecule has 12 heteroatoms. The predicted octanol–water partition coefficient (Wildman–Crippen LogP) is 2.10. The van der Waals surface area contributed by atoms with Gasteiger partial charge in [0.1, 0.15) is 29.9 Å². The molecule has 0 saturated heterocycles. The van der Waals surface area contributed by atoms with Gasteiger partial charge in [0, 0.05) is 16.7 Å². The third kappa shape index (κ3) is 3.84. The molecule has 0 aliphatic rings. The van der Waals surface area contributed by atoms with Crippen LogP contribution in [0.25, 0.3) is 5.69 Å². The summed E-state index contributed by atoms with van der Waals surface area (Å²) < 4.78 is 31.4. The zero-order valence-corrected chi connectivity index (χ0v) is 16.9. The largest absolute Gasteiger partial charge is 0.381 e. The van der Waals surface area contributed by atoms with Gasteiger partial charge >= 0.3 is 5.69 Å². The molecule has 9 nitrogen and oxygen atoms in total. The summed E-state index contributed by atoms with van der Waals surface area (Å²) in [6.45, 7) is 1.19. The van der Waals surface area contributed by atoms with Crippen LogP contribution in [0.1, 0.15) is 18.5 Å². The number of nitrogens with zero attached hydrogens (tertiary/aromatic N) is 7. The van der Waals surface area contributed by atoms with Crippen LogP contribution >= 0.6 is 11.6 Å². The van der Waals surface area contributed by atoms with Crippen LogP contribution in [0.15, 0.2) is 59.9 Å². The fourth-order valence-electron chi connectivity index (χ4n) is 3.29. The van der Waals surface area contributed by atoms with Gasteiger partial charge in [0.05, 0.1) is 18.3 Å². The van der Waals surface area contributed by atoms with E-state index in [9.17, 15) is 18.7 Å². The first-order valence-electron chi connectivity index (χ1n) is 9.10. The van der Waals surface area contributed by atoms with E-state index in [1.54, 1.807) is 24.3 Å². The number of benzene rings is 2. The fraction of sp³-hybridized carbons (Fsp3) is 0.211. The quantitative estimate of drug-likeness (QED) is 0.485. The molecule has 0 aliphatic heterocycles. The van der Waals surface area contributed by atoms with Crippen molar-refractivity contribution < 1.29 is 13.9 Å². The summed E-state index contributed by atoms with van der Waals surface area (Å²) in [5.41, 5.74) is -2.55. The predicted molar refractivity (Wildman–Crippen MR) is 106 cm³/mol. The standard InChI is InChI=1S/C19H16ClF2N7O2/c1-12(28-18(30)29(26-25-28)15-5-2-13(20)3-6-15)19(31,9-27-11-23-10-24-27)16-7-4-14(21)8-17(16)22/h2-8,10-12,31H,9H2,1H3/t12-,19-/m1/s1. The number of hydrogen-bond acceptors (Lipinski definition) is 6. The van der Waals surface area contributed by atoms with Crippen molar-refractivity contribution in [2.75, 3.05) is 0 Å². The highest BCUT2D eigenvalue weighted by Crippen LogP contribution is 2.35.